The Morgan fingerprint density at radius 2 is 0.800 bits per heavy atom. The molecular formula is C63H36N4OS2. The normalized spacial score (nSPS) is 12.0. The smallest absolute Gasteiger partial charge is 0.164 e. The van der Waals surface area contributed by atoms with Crippen LogP contribution in [0.5, 0.6) is 0 Å². The van der Waals surface area contributed by atoms with E-state index >= 15 is 0 Å². The SMILES string of the molecule is c1ccc(-c2cc(-c3nc(-c4ccc5c(c4)sc4ccccc45)nc(-c4ccc5c(c4)sc4ccccc45)n3)cc(-c3ccccc3)c2-n2c3ccccc3c3ccc4oc5ccccc5c4c32)cc1. The quantitative estimate of drug-likeness (QED) is 0.167. The van der Waals surface area contributed by atoms with Crippen molar-refractivity contribution in [2.75, 3.05) is 0 Å². The molecule has 10 aromatic carbocycles. The predicted molar refractivity (Wildman–Crippen MR) is 294 cm³/mol. The molecule has 15 aromatic rings. The van der Waals surface area contributed by atoms with Crippen molar-refractivity contribution >= 4 is 107 Å². The summed E-state index contributed by atoms with van der Waals surface area (Å²) in [6.07, 6.45) is 0. The molecule has 0 N–H and O–H groups in total. The van der Waals surface area contributed by atoms with Crippen LogP contribution in [-0.4, -0.2) is 19.5 Å². The maximum atomic E-state index is 6.59. The highest BCUT2D eigenvalue weighted by Crippen LogP contribution is 2.47. The van der Waals surface area contributed by atoms with Gasteiger partial charge in [-0.2, -0.15) is 0 Å². The van der Waals surface area contributed by atoms with E-state index in [0.29, 0.717) is 17.5 Å². The third-order valence-corrected chi connectivity index (χ3v) is 16.1. The highest BCUT2D eigenvalue weighted by molar-refractivity contribution is 7.26. The summed E-state index contributed by atoms with van der Waals surface area (Å²) in [6.45, 7) is 0. The van der Waals surface area contributed by atoms with E-state index in [1.54, 1.807) is 22.7 Å². The van der Waals surface area contributed by atoms with Crippen LogP contribution in [0.4, 0.5) is 0 Å². The summed E-state index contributed by atoms with van der Waals surface area (Å²) in [5.74, 6) is 1.84. The van der Waals surface area contributed by atoms with Crippen molar-refractivity contribution in [3.63, 3.8) is 0 Å². The second-order valence-electron chi connectivity index (χ2n) is 17.9. The van der Waals surface area contributed by atoms with Gasteiger partial charge in [0, 0.05) is 84.3 Å². The molecule has 0 saturated heterocycles. The number of hydrogen-bond acceptors (Lipinski definition) is 6. The fraction of sp³-hybridized carbons (Fsp3) is 0. The lowest BCUT2D eigenvalue weighted by atomic mass is 9.92. The summed E-state index contributed by atoms with van der Waals surface area (Å²) in [5.41, 5.74) is 12.0. The van der Waals surface area contributed by atoms with E-state index in [-0.39, 0.29) is 0 Å². The Balaban J connectivity index is 1.04. The minimum absolute atomic E-state index is 0.597. The molecule has 15 rings (SSSR count). The molecule has 70 heavy (non-hydrogen) atoms. The minimum Gasteiger partial charge on any atom is -0.456 e. The second-order valence-corrected chi connectivity index (χ2v) is 20.0. The molecule has 0 bridgehead atoms. The van der Waals surface area contributed by atoms with Crippen LogP contribution in [0.15, 0.2) is 223 Å². The first kappa shape index (κ1) is 39.3. The van der Waals surface area contributed by atoms with Gasteiger partial charge in [0.25, 0.3) is 0 Å². The average Bonchev–Trinajstić information content (AvgIpc) is 4.19. The first-order valence-corrected chi connectivity index (χ1v) is 25.0. The van der Waals surface area contributed by atoms with Crippen LogP contribution in [0.1, 0.15) is 0 Å². The lowest BCUT2D eigenvalue weighted by Gasteiger charge is -2.21. The molecule has 0 spiro atoms. The summed E-state index contributed by atoms with van der Waals surface area (Å²) >= 11 is 3.60. The maximum Gasteiger partial charge on any atom is 0.164 e. The van der Waals surface area contributed by atoms with Crippen molar-refractivity contribution in [2.24, 2.45) is 0 Å². The lowest BCUT2D eigenvalue weighted by molar-refractivity contribution is 0.669. The fourth-order valence-electron chi connectivity index (χ4n) is 10.7. The van der Waals surface area contributed by atoms with Gasteiger partial charge in [-0.05, 0) is 71.8 Å². The summed E-state index contributed by atoms with van der Waals surface area (Å²) in [4.78, 5) is 16.2. The number of fused-ring (bicyclic) bond motifs is 13. The number of furan rings is 1. The molecule has 5 heterocycles. The molecule has 5 nitrogen and oxygen atoms in total. The highest BCUT2D eigenvalue weighted by atomic mass is 32.1. The van der Waals surface area contributed by atoms with E-state index in [2.05, 4.69) is 217 Å². The zero-order chi connectivity index (χ0) is 45.9. The molecule has 7 heteroatoms. The average molecular weight is 929 g/mol. The van der Waals surface area contributed by atoms with E-state index in [9.17, 15) is 0 Å². The molecule has 0 atom stereocenters. The van der Waals surface area contributed by atoms with E-state index in [0.717, 1.165) is 83.0 Å². The molecule has 0 aliphatic heterocycles. The van der Waals surface area contributed by atoms with E-state index in [1.807, 2.05) is 6.07 Å². The monoisotopic (exact) mass is 928 g/mol. The van der Waals surface area contributed by atoms with Crippen LogP contribution >= 0.6 is 22.7 Å². The molecule has 0 amide bonds. The van der Waals surface area contributed by atoms with Gasteiger partial charge >= 0.3 is 0 Å². The van der Waals surface area contributed by atoms with Crippen molar-refractivity contribution in [3.05, 3.63) is 218 Å². The van der Waals surface area contributed by atoms with Gasteiger partial charge in [-0.25, -0.2) is 15.0 Å². The molecule has 0 aliphatic carbocycles. The van der Waals surface area contributed by atoms with Crippen molar-refractivity contribution in [1.82, 2.24) is 19.5 Å². The highest BCUT2D eigenvalue weighted by Gasteiger charge is 2.26. The van der Waals surface area contributed by atoms with Crippen molar-refractivity contribution in [3.8, 4) is 62.1 Å². The molecular weight excluding hydrogens is 893 g/mol. The predicted octanol–water partition coefficient (Wildman–Crippen LogP) is 17.9. The first-order chi connectivity index (χ1) is 34.7. The summed E-state index contributed by atoms with van der Waals surface area (Å²) in [7, 11) is 0. The van der Waals surface area contributed by atoms with Crippen LogP contribution in [0.3, 0.4) is 0 Å². The van der Waals surface area contributed by atoms with Gasteiger partial charge in [0.1, 0.15) is 11.2 Å². The Kier molecular flexibility index (Phi) is 8.63. The zero-order valence-electron chi connectivity index (χ0n) is 37.3. The fourth-order valence-corrected chi connectivity index (χ4v) is 13.0. The third-order valence-electron chi connectivity index (χ3n) is 13.8. The van der Waals surface area contributed by atoms with Crippen molar-refractivity contribution in [2.45, 2.75) is 0 Å². The zero-order valence-corrected chi connectivity index (χ0v) is 38.9. The van der Waals surface area contributed by atoms with Gasteiger partial charge in [-0.1, -0.05) is 158 Å². The summed E-state index contributed by atoms with van der Waals surface area (Å²) in [5, 5.41) is 9.48. The van der Waals surface area contributed by atoms with Crippen LogP contribution < -0.4 is 0 Å². The standard InChI is InChI=1S/C63H36N4OS2/c1-3-15-37(16-4-1)49-33-41(34-50(38-17-5-2-6-18-38)59(49)67-51-23-11-7-19-42(51)47-31-32-53-58(60(47)67)48-22-8-12-24-52(48)68-53)63-65-61(39-27-29-45-43-20-9-13-25-54(43)69-56(45)35-39)64-62(66-63)40-28-30-46-44-21-10-14-26-55(44)70-57(46)36-40/h1-36H. The Bertz CT molecular complexity index is 4410. The Morgan fingerprint density at radius 3 is 1.40 bits per heavy atom. The van der Waals surface area contributed by atoms with Gasteiger partial charge in [0.2, 0.25) is 0 Å². The maximum absolute atomic E-state index is 6.59. The number of thiophene rings is 2. The van der Waals surface area contributed by atoms with Gasteiger partial charge < -0.3 is 8.98 Å². The molecule has 0 radical (unpaired) electrons. The number of nitrogens with zero attached hydrogens (tertiary/aromatic N) is 4. The van der Waals surface area contributed by atoms with Crippen LogP contribution in [0, 0.1) is 0 Å². The van der Waals surface area contributed by atoms with Gasteiger partial charge in [-0.3, -0.25) is 0 Å². The van der Waals surface area contributed by atoms with Crippen LogP contribution in [0.2, 0.25) is 0 Å². The number of para-hydroxylation sites is 2. The molecule has 5 aromatic heterocycles. The topological polar surface area (TPSA) is 56.7 Å². The molecule has 0 unspecified atom stereocenters. The van der Waals surface area contributed by atoms with Gasteiger partial charge in [0.05, 0.1) is 22.1 Å². The molecule has 326 valence electrons. The summed E-state index contributed by atoms with van der Waals surface area (Å²) in [6, 6.07) is 78.0. The van der Waals surface area contributed by atoms with Crippen molar-refractivity contribution < 1.29 is 4.42 Å². The minimum atomic E-state index is 0.597. The van der Waals surface area contributed by atoms with E-state index in [4.69, 9.17) is 19.4 Å². The Morgan fingerprint density at radius 1 is 0.329 bits per heavy atom. The van der Waals surface area contributed by atoms with Gasteiger partial charge in [-0.15, -0.1) is 22.7 Å². The lowest BCUT2D eigenvalue weighted by Crippen LogP contribution is -2.04. The molecule has 0 saturated carbocycles. The Hall–Kier alpha value is -8.75. The van der Waals surface area contributed by atoms with E-state index < -0.39 is 0 Å². The second kappa shape index (κ2) is 15.4. The van der Waals surface area contributed by atoms with E-state index in [1.165, 1.54) is 45.7 Å². The van der Waals surface area contributed by atoms with Crippen molar-refractivity contribution in [1.29, 1.82) is 0 Å². The largest absolute Gasteiger partial charge is 0.456 e. The first-order valence-electron chi connectivity index (χ1n) is 23.4. The number of hydrogen-bond donors (Lipinski definition) is 0. The molecule has 0 fully saturated rings. The van der Waals surface area contributed by atoms with Gasteiger partial charge in [0.15, 0.2) is 17.5 Å². The Labute approximate surface area is 408 Å². The molecule has 0 aliphatic rings. The third kappa shape index (κ3) is 6.05. The number of aromatic nitrogens is 4. The van der Waals surface area contributed by atoms with Crippen LogP contribution in [0.25, 0.3) is 146 Å². The number of rotatable bonds is 6. The number of benzene rings is 10. The summed E-state index contributed by atoms with van der Waals surface area (Å²) < 4.78 is 14.0. The van der Waals surface area contributed by atoms with Crippen LogP contribution in [-0.2, 0) is 0 Å².